The lowest BCUT2D eigenvalue weighted by Gasteiger charge is -2.18. The zero-order chi connectivity index (χ0) is 50.6. The number of hydrogen-bond acceptors (Lipinski definition) is 5. The third-order valence-electron chi connectivity index (χ3n) is 14.2. The highest BCUT2D eigenvalue weighted by molar-refractivity contribution is 5.70. The molecular formula is C65H122O5. The van der Waals surface area contributed by atoms with Gasteiger partial charge in [-0.1, -0.05) is 308 Å². The molecule has 0 aliphatic carbocycles. The van der Waals surface area contributed by atoms with Crippen LogP contribution < -0.4 is 0 Å². The molecule has 0 aromatic rings. The molecule has 0 aliphatic rings. The fraction of sp³-hybridized carbons (Fsp3) is 0.877. The second-order valence-electron chi connectivity index (χ2n) is 21.3. The Bertz CT molecular complexity index is 1110. The van der Waals surface area contributed by atoms with Crippen molar-refractivity contribution in [1.29, 1.82) is 0 Å². The second-order valence-corrected chi connectivity index (χ2v) is 21.3. The summed E-state index contributed by atoms with van der Waals surface area (Å²) in [5.41, 5.74) is 0. The van der Waals surface area contributed by atoms with Crippen LogP contribution in [0.5, 0.6) is 0 Å². The van der Waals surface area contributed by atoms with Crippen LogP contribution in [-0.4, -0.2) is 37.9 Å². The number of carbonyl (C=O) groups is 2. The van der Waals surface area contributed by atoms with Crippen molar-refractivity contribution in [2.45, 2.75) is 348 Å². The summed E-state index contributed by atoms with van der Waals surface area (Å²) < 4.78 is 17.5. The van der Waals surface area contributed by atoms with Crippen molar-refractivity contribution in [3.63, 3.8) is 0 Å². The maximum atomic E-state index is 12.9. The molecule has 0 radical (unpaired) electrons. The lowest BCUT2D eigenvalue weighted by atomic mass is 10.0. The Hall–Kier alpha value is -1.88. The SMILES string of the molecule is CCCCC/C=C\C/C=C\C/C=C\CCCCCCCCC(=O)OCC(COCCCCCCCCCCCCCCCCCCCCCC)OC(=O)CCCCCCCCCCCCCCCCC. The van der Waals surface area contributed by atoms with Crippen LogP contribution in [0, 0.1) is 0 Å². The van der Waals surface area contributed by atoms with E-state index in [1.54, 1.807) is 0 Å². The summed E-state index contributed by atoms with van der Waals surface area (Å²) in [5, 5.41) is 0. The van der Waals surface area contributed by atoms with Gasteiger partial charge in [-0.15, -0.1) is 0 Å². The van der Waals surface area contributed by atoms with Gasteiger partial charge >= 0.3 is 11.9 Å². The number of rotatable bonds is 59. The molecule has 5 heteroatoms. The lowest BCUT2D eigenvalue weighted by molar-refractivity contribution is -0.163. The number of esters is 2. The van der Waals surface area contributed by atoms with Crippen molar-refractivity contribution in [3.8, 4) is 0 Å². The number of hydrogen-bond donors (Lipinski definition) is 0. The van der Waals surface area contributed by atoms with Crippen molar-refractivity contribution in [3.05, 3.63) is 36.5 Å². The van der Waals surface area contributed by atoms with E-state index in [1.165, 1.54) is 250 Å². The van der Waals surface area contributed by atoms with E-state index in [1.807, 2.05) is 0 Å². The third kappa shape index (κ3) is 58.7. The molecule has 0 fully saturated rings. The first-order valence-electron chi connectivity index (χ1n) is 31.5. The molecule has 0 aliphatic heterocycles. The predicted molar refractivity (Wildman–Crippen MR) is 307 cm³/mol. The van der Waals surface area contributed by atoms with Crippen LogP contribution in [0.4, 0.5) is 0 Å². The fourth-order valence-corrected chi connectivity index (χ4v) is 9.46. The van der Waals surface area contributed by atoms with Crippen molar-refractivity contribution < 1.29 is 23.8 Å². The molecule has 0 heterocycles. The van der Waals surface area contributed by atoms with E-state index in [9.17, 15) is 9.59 Å². The van der Waals surface area contributed by atoms with E-state index in [0.717, 1.165) is 57.8 Å². The first-order valence-corrected chi connectivity index (χ1v) is 31.5. The van der Waals surface area contributed by atoms with Gasteiger partial charge in [0.15, 0.2) is 6.10 Å². The van der Waals surface area contributed by atoms with E-state index < -0.39 is 6.10 Å². The summed E-state index contributed by atoms with van der Waals surface area (Å²) in [4.78, 5) is 25.6. The van der Waals surface area contributed by atoms with Crippen molar-refractivity contribution >= 4 is 11.9 Å². The van der Waals surface area contributed by atoms with Crippen molar-refractivity contribution in [2.75, 3.05) is 19.8 Å². The van der Waals surface area contributed by atoms with Crippen LogP contribution in [0.15, 0.2) is 36.5 Å². The molecular weight excluding hydrogens is 861 g/mol. The Labute approximate surface area is 438 Å². The first-order chi connectivity index (χ1) is 34.6. The minimum absolute atomic E-state index is 0.0855. The van der Waals surface area contributed by atoms with Crippen LogP contribution in [0.2, 0.25) is 0 Å². The summed E-state index contributed by atoms with van der Waals surface area (Å²) in [5.74, 6) is -0.387. The minimum Gasteiger partial charge on any atom is -0.462 e. The number of unbranched alkanes of at least 4 members (excludes halogenated alkanes) is 42. The highest BCUT2D eigenvalue weighted by atomic mass is 16.6. The normalized spacial score (nSPS) is 12.3. The van der Waals surface area contributed by atoms with Crippen LogP contribution >= 0.6 is 0 Å². The van der Waals surface area contributed by atoms with E-state index >= 15 is 0 Å². The fourth-order valence-electron chi connectivity index (χ4n) is 9.46. The van der Waals surface area contributed by atoms with Crippen LogP contribution in [-0.2, 0) is 23.8 Å². The zero-order valence-electron chi connectivity index (χ0n) is 47.6. The van der Waals surface area contributed by atoms with E-state index in [2.05, 4.69) is 57.2 Å². The molecule has 0 rings (SSSR count). The average molecular weight is 984 g/mol. The summed E-state index contributed by atoms with van der Waals surface area (Å²) in [7, 11) is 0. The van der Waals surface area contributed by atoms with Gasteiger partial charge in [0, 0.05) is 19.4 Å². The van der Waals surface area contributed by atoms with E-state index in [-0.39, 0.29) is 18.5 Å². The van der Waals surface area contributed by atoms with Crippen molar-refractivity contribution in [1.82, 2.24) is 0 Å². The number of carbonyl (C=O) groups excluding carboxylic acids is 2. The average Bonchev–Trinajstić information content (AvgIpc) is 3.36. The van der Waals surface area contributed by atoms with Gasteiger partial charge < -0.3 is 14.2 Å². The highest BCUT2D eigenvalue weighted by Gasteiger charge is 2.18. The molecule has 0 amide bonds. The Kier molecular flexibility index (Phi) is 59.8. The monoisotopic (exact) mass is 983 g/mol. The van der Waals surface area contributed by atoms with Crippen LogP contribution in [0.1, 0.15) is 342 Å². The summed E-state index contributed by atoms with van der Waals surface area (Å²) in [6, 6.07) is 0. The summed E-state index contributed by atoms with van der Waals surface area (Å²) in [6.07, 6.45) is 76.1. The Morgan fingerprint density at radius 2 is 0.600 bits per heavy atom. The van der Waals surface area contributed by atoms with Gasteiger partial charge in [-0.2, -0.15) is 0 Å². The minimum atomic E-state index is -0.537. The first kappa shape index (κ1) is 68.1. The Morgan fingerprint density at radius 3 is 0.986 bits per heavy atom. The van der Waals surface area contributed by atoms with Gasteiger partial charge in [0.05, 0.1) is 6.61 Å². The van der Waals surface area contributed by atoms with E-state index in [4.69, 9.17) is 14.2 Å². The predicted octanol–water partition coefficient (Wildman–Crippen LogP) is 21.7. The number of allylic oxidation sites excluding steroid dienone is 6. The maximum absolute atomic E-state index is 12.9. The standard InChI is InChI=1S/C65H122O5/c1-4-7-10-13-16-19-22-25-28-30-32-34-36-39-42-45-48-51-54-57-60-68-61-63(70-65(67)59-56-53-50-47-44-41-37-27-24-21-18-15-12-9-6-3)62-69-64(66)58-55-52-49-46-43-40-38-35-33-31-29-26-23-20-17-14-11-8-5-2/h17,20,26,29,33,35,63H,4-16,18-19,21-25,27-28,30-32,34,36-62H2,1-3H3/b20-17-,29-26-,35-33-. The molecule has 0 spiro atoms. The molecule has 1 unspecified atom stereocenters. The Balaban J connectivity index is 4.23. The molecule has 0 saturated carbocycles. The van der Waals surface area contributed by atoms with Gasteiger partial charge in [-0.3, -0.25) is 9.59 Å². The number of ether oxygens (including phenoxy) is 3. The third-order valence-corrected chi connectivity index (χ3v) is 14.2. The summed E-state index contributed by atoms with van der Waals surface area (Å²) in [6.45, 7) is 7.87. The topological polar surface area (TPSA) is 61.8 Å². The van der Waals surface area contributed by atoms with Gasteiger partial charge in [0.1, 0.15) is 6.61 Å². The molecule has 0 bridgehead atoms. The molecule has 5 nitrogen and oxygen atoms in total. The van der Waals surface area contributed by atoms with Gasteiger partial charge in [-0.25, -0.2) is 0 Å². The lowest BCUT2D eigenvalue weighted by Crippen LogP contribution is -2.30. The van der Waals surface area contributed by atoms with Gasteiger partial charge in [0.2, 0.25) is 0 Å². The molecule has 0 saturated heterocycles. The maximum Gasteiger partial charge on any atom is 0.306 e. The molecule has 0 aromatic carbocycles. The largest absolute Gasteiger partial charge is 0.462 e. The quantitative estimate of drug-likeness (QED) is 0.0345. The van der Waals surface area contributed by atoms with Crippen LogP contribution in [0.3, 0.4) is 0 Å². The molecule has 0 aromatic heterocycles. The van der Waals surface area contributed by atoms with E-state index in [0.29, 0.717) is 26.1 Å². The van der Waals surface area contributed by atoms with Gasteiger partial charge in [0.25, 0.3) is 0 Å². The second kappa shape index (κ2) is 61.4. The molecule has 0 N–H and O–H groups in total. The zero-order valence-corrected chi connectivity index (χ0v) is 47.6. The molecule has 412 valence electrons. The van der Waals surface area contributed by atoms with Gasteiger partial charge in [-0.05, 0) is 57.8 Å². The smallest absolute Gasteiger partial charge is 0.306 e. The Morgan fingerprint density at radius 1 is 0.314 bits per heavy atom. The highest BCUT2D eigenvalue weighted by Crippen LogP contribution is 2.17. The summed E-state index contributed by atoms with van der Waals surface area (Å²) >= 11 is 0. The molecule has 1 atom stereocenters. The molecule has 70 heavy (non-hydrogen) atoms. The van der Waals surface area contributed by atoms with Crippen LogP contribution in [0.25, 0.3) is 0 Å². The van der Waals surface area contributed by atoms with Crippen molar-refractivity contribution in [2.24, 2.45) is 0 Å².